The van der Waals surface area contributed by atoms with Crippen LogP contribution in [0.3, 0.4) is 0 Å². The molecule has 2 aliphatic rings. The molecule has 42 heavy (non-hydrogen) atoms. The van der Waals surface area contributed by atoms with Crippen LogP contribution in [0.4, 0.5) is 0 Å². The summed E-state index contributed by atoms with van der Waals surface area (Å²) in [4.78, 5) is 10.0. The average Bonchev–Trinajstić information content (AvgIpc) is 3.34. The van der Waals surface area contributed by atoms with Gasteiger partial charge >= 0.3 is 0 Å². The van der Waals surface area contributed by atoms with Crippen LogP contribution in [0, 0.1) is 0 Å². The van der Waals surface area contributed by atoms with Crippen molar-refractivity contribution in [1.82, 2.24) is 9.97 Å². The van der Waals surface area contributed by atoms with Crippen LogP contribution in [0.5, 0.6) is 0 Å². The van der Waals surface area contributed by atoms with Crippen molar-refractivity contribution in [2.24, 2.45) is 0 Å². The van der Waals surface area contributed by atoms with Crippen molar-refractivity contribution >= 4 is 0 Å². The fourth-order valence-electron chi connectivity index (χ4n) is 7.26. The first-order chi connectivity index (χ1) is 20.8. The second-order valence-corrected chi connectivity index (χ2v) is 11.7. The van der Waals surface area contributed by atoms with E-state index in [0.717, 1.165) is 33.9 Å². The third kappa shape index (κ3) is 4.18. The molecule has 1 fully saturated rings. The first-order valence-corrected chi connectivity index (χ1v) is 15.1. The molecule has 0 saturated heterocycles. The van der Waals surface area contributed by atoms with Crippen LogP contribution in [-0.4, -0.2) is 9.97 Å². The lowest BCUT2D eigenvalue weighted by molar-refractivity contribution is 0.353. The standard InChI is InChI=1S/C40H32N2/c1-4-13-28(14-5-1)37-27-38(42-39(41-37)29-15-6-2-7-16-29)32-18-12-17-30(25-32)31-21-22-36-34(26-31)33-19-8-9-20-35(33)40(36)23-10-3-11-24-40/h1-2,4-9,12-22,25-27H,3,10-11,23-24H2. The molecule has 8 rings (SSSR count). The normalized spacial score (nSPS) is 14.9. The highest BCUT2D eigenvalue weighted by atomic mass is 14.9. The maximum atomic E-state index is 5.07. The largest absolute Gasteiger partial charge is 0.228 e. The first kappa shape index (κ1) is 24.9. The molecule has 0 atom stereocenters. The molecule has 6 aromatic rings. The molecule has 0 unspecified atom stereocenters. The van der Waals surface area contributed by atoms with Gasteiger partial charge < -0.3 is 0 Å². The zero-order chi connectivity index (χ0) is 27.9. The van der Waals surface area contributed by atoms with Gasteiger partial charge in [-0.15, -0.1) is 0 Å². The van der Waals surface area contributed by atoms with E-state index in [1.807, 2.05) is 24.3 Å². The lowest BCUT2D eigenvalue weighted by Gasteiger charge is -2.36. The third-order valence-electron chi connectivity index (χ3n) is 9.29. The molecule has 202 valence electrons. The number of hydrogen-bond acceptors (Lipinski definition) is 2. The Morgan fingerprint density at radius 3 is 1.79 bits per heavy atom. The van der Waals surface area contributed by atoms with Crippen molar-refractivity contribution < 1.29 is 0 Å². The molecule has 1 saturated carbocycles. The summed E-state index contributed by atoms with van der Waals surface area (Å²) >= 11 is 0. The van der Waals surface area contributed by atoms with Gasteiger partial charge in [0.25, 0.3) is 0 Å². The summed E-state index contributed by atoms with van der Waals surface area (Å²) in [5, 5.41) is 0. The molecule has 2 heteroatoms. The zero-order valence-electron chi connectivity index (χ0n) is 23.6. The van der Waals surface area contributed by atoms with Crippen molar-refractivity contribution in [3.63, 3.8) is 0 Å². The van der Waals surface area contributed by atoms with Gasteiger partial charge in [0.1, 0.15) is 0 Å². The lowest BCUT2D eigenvalue weighted by atomic mass is 9.68. The number of rotatable bonds is 4. The second kappa shape index (κ2) is 10.2. The number of aromatic nitrogens is 2. The van der Waals surface area contributed by atoms with Gasteiger partial charge in [0.2, 0.25) is 0 Å². The Hall–Kier alpha value is -4.82. The molecule has 0 amide bonds. The SMILES string of the molecule is c1ccc(-c2cc(-c3cccc(-c4ccc5c(c4)-c4ccccc4C54CCCCC4)c3)nc(-c3ccccc3)n2)cc1. The second-order valence-electron chi connectivity index (χ2n) is 11.7. The van der Waals surface area contributed by atoms with Crippen molar-refractivity contribution in [2.45, 2.75) is 37.5 Å². The van der Waals surface area contributed by atoms with Gasteiger partial charge in [-0.2, -0.15) is 0 Å². The Bertz CT molecular complexity index is 1840. The minimum atomic E-state index is 0.188. The summed E-state index contributed by atoms with van der Waals surface area (Å²) in [6.07, 6.45) is 6.49. The van der Waals surface area contributed by atoms with Crippen LogP contribution < -0.4 is 0 Å². The van der Waals surface area contributed by atoms with E-state index in [2.05, 4.69) is 109 Å². The van der Waals surface area contributed by atoms with Crippen LogP contribution in [0.2, 0.25) is 0 Å². The monoisotopic (exact) mass is 540 g/mol. The van der Waals surface area contributed by atoms with Gasteiger partial charge in [-0.3, -0.25) is 0 Å². The minimum absolute atomic E-state index is 0.188. The van der Waals surface area contributed by atoms with Crippen molar-refractivity contribution in [1.29, 1.82) is 0 Å². The molecular formula is C40H32N2. The van der Waals surface area contributed by atoms with Gasteiger partial charge in [0.05, 0.1) is 11.4 Å². The Balaban J connectivity index is 1.23. The minimum Gasteiger partial charge on any atom is -0.228 e. The molecule has 0 radical (unpaired) electrons. The smallest absolute Gasteiger partial charge is 0.160 e. The van der Waals surface area contributed by atoms with Crippen LogP contribution >= 0.6 is 0 Å². The number of nitrogens with zero attached hydrogens (tertiary/aromatic N) is 2. The predicted octanol–water partition coefficient (Wildman–Crippen LogP) is 10.4. The molecule has 0 bridgehead atoms. The third-order valence-corrected chi connectivity index (χ3v) is 9.29. The predicted molar refractivity (Wildman–Crippen MR) is 173 cm³/mol. The average molecular weight is 541 g/mol. The summed E-state index contributed by atoms with van der Waals surface area (Å²) in [5.41, 5.74) is 13.6. The van der Waals surface area contributed by atoms with Crippen molar-refractivity contribution in [3.05, 3.63) is 145 Å². The highest BCUT2D eigenvalue weighted by Crippen LogP contribution is 2.56. The maximum absolute atomic E-state index is 5.07. The van der Waals surface area contributed by atoms with E-state index < -0.39 is 0 Å². The zero-order valence-corrected chi connectivity index (χ0v) is 23.6. The maximum Gasteiger partial charge on any atom is 0.160 e. The Morgan fingerprint density at radius 1 is 0.405 bits per heavy atom. The fourth-order valence-corrected chi connectivity index (χ4v) is 7.26. The highest BCUT2D eigenvalue weighted by molar-refractivity contribution is 5.85. The van der Waals surface area contributed by atoms with Gasteiger partial charge in [-0.1, -0.05) is 135 Å². The van der Waals surface area contributed by atoms with E-state index in [0.29, 0.717) is 0 Å². The van der Waals surface area contributed by atoms with E-state index >= 15 is 0 Å². The molecule has 0 aliphatic heterocycles. The summed E-state index contributed by atoms with van der Waals surface area (Å²) in [7, 11) is 0. The number of benzene rings is 5. The van der Waals surface area contributed by atoms with Crippen LogP contribution in [0.25, 0.3) is 56.2 Å². The summed E-state index contributed by atoms with van der Waals surface area (Å²) in [6, 6.07) is 47.9. The molecule has 1 spiro atoms. The van der Waals surface area contributed by atoms with E-state index in [9.17, 15) is 0 Å². The Morgan fingerprint density at radius 2 is 1.00 bits per heavy atom. The van der Waals surface area contributed by atoms with Gasteiger partial charge in [0.15, 0.2) is 5.82 Å². The quantitative estimate of drug-likeness (QED) is 0.222. The highest BCUT2D eigenvalue weighted by Gasteiger charge is 2.43. The van der Waals surface area contributed by atoms with Gasteiger partial charge in [-0.05, 0) is 64.4 Å². The first-order valence-electron chi connectivity index (χ1n) is 15.1. The molecule has 1 heterocycles. The molecule has 2 aliphatic carbocycles. The van der Waals surface area contributed by atoms with Crippen LogP contribution in [-0.2, 0) is 5.41 Å². The van der Waals surface area contributed by atoms with Crippen molar-refractivity contribution in [2.75, 3.05) is 0 Å². The van der Waals surface area contributed by atoms with Crippen LogP contribution in [0.15, 0.2) is 133 Å². The van der Waals surface area contributed by atoms with Crippen molar-refractivity contribution in [3.8, 4) is 56.2 Å². The summed E-state index contributed by atoms with van der Waals surface area (Å²) in [5.74, 6) is 0.740. The van der Waals surface area contributed by atoms with E-state index in [1.165, 1.54) is 65.5 Å². The molecule has 1 aromatic heterocycles. The summed E-state index contributed by atoms with van der Waals surface area (Å²) < 4.78 is 0. The number of hydrogen-bond donors (Lipinski definition) is 0. The van der Waals surface area contributed by atoms with Gasteiger partial charge in [0, 0.05) is 22.1 Å². The van der Waals surface area contributed by atoms with E-state index in [-0.39, 0.29) is 5.41 Å². The van der Waals surface area contributed by atoms with Crippen LogP contribution in [0.1, 0.15) is 43.2 Å². The number of fused-ring (bicyclic) bond motifs is 5. The lowest BCUT2D eigenvalue weighted by Crippen LogP contribution is -2.27. The molecule has 5 aromatic carbocycles. The molecule has 0 N–H and O–H groups in total. The van der Waals surface area contributed by atoms with E-state index in [4.69, 9.17) is 9.97 Å². The Labute approximate surface area is 247 Å². The fraction of sp³-hybridized carbons (Fsp3) is 0.150. The molecular weight excluding hydrogens is 508 g/mol. The van der Waals surface area contributed by atoms with Gasteiger partial charge in [-0.25, -0.2) is 9.97 Å². The Kier molecular flexibility index (Phi) is 6.07. The summed E-state index contributed by atoms with van der Waals surface area (Å²) in [6.45, 7) is 0. The van der Waals surface area contributed by atoms with E-state index in [1.54, 1.807) is 0 Å². The molecule has 2 nitrogen and oxygen atoms in total. The topological polar surface area (TPSA) is 25.8 Å².